The highest BCUT2D eigenvalue weighted by molar-refractivity contribution is 5.97. The molecule has 0 aliphatic heterocycles. The minimum absolute atomic E-state index is 0.122. The minimum Gasteiger partial charge on any atom is -0.481 e. The predicted octanol–water partition coefficient (Wildman–Crippen LogP) is 2.40. The number of rotatable bonds is 4. The molecule has 4 nitrogen and oxygen atoms in total. The van der Waals surface area contributed by atoms with Crippen LogP contribution in [0.2, 0.25) is 0 Å². The van der Waals surface area contributed by atoms with Crippen LogP contribution in [0.1, 0.15) is 34.0 Å². The van der Waals surface area contributed by atoms with Crippen molar-refractivity contribution in [1.29, 1.82) is 0 Å². The van der Waals surface area contributed by atoms with Gasteiger partial charge in [0.25, 0.3) is 5.91 Å². The van der Waals surface area contributed by atoms with Crippen LogP contribution in [0, 0.1) is 26.7 Å². The first-order valence-corrected chi connectivity index (χ1v) is 6.30. The Morgan fingerprint density at radius 3 is 2.11 bits per heavy atom. The number of hydrogen-bond acceptors (Lipinski definition) is 2. The fourth-order valence-electron chi connectivity index (χ4n) is 2.28. The summed E-state index contributed by atoms with van der Waals surface area (Å²) in [5.74, 6) is -1.58. The van der Waals surface area contributed by atoms with Crippen molar-refractivity contribution in [2.45, 2.75) is 27.7 Å². The van der Waals surface area contributed by atoms with Gasteiger partial charge in [-0.1, -0.05) is 24.6 Å². The predicted molar refractivity (Wildman–Crippen MR) is 74.4 cm³/mol. The number of carbonyl (C=O) groups excluding carboxylic acids is 1. The lowest BCUT2D eigenvalue weighted by molar-refractivity contribution is -0.141. The molecule has 1 amide bonds. The van der Waals surface area contributed by atoms with Crippen molar-refractivity contribution in [1.82, 2.24) is 4.90 Å². The number of aliphatic carboxylic acids is 1. The second kappa shape index (κ2) is 5.87. The molecule has 0 aromatic heterocycles. The smallest absolute Gasteiger partial charge is 0.308 e. The van der Waals surface area contributed by atoms with E-state index in [9.17, 15) is 9.59 Å². The highest BCUT2D eigenvalue weighted by atomic mass is 16.4. The van der Waals surface area contributed by atoms with Gasteiger partial charge in [-0.3, -0.25) is 9.59 Å². The lowest BCUT2D eigenvalue weighted by atomic mass is 9.98. The average molecular weight is 263 g/mol. The van der Waals surface area contributed by atoms with E-state index in [2.05, 4.69) is 0 Å². The van der Waals surface area contributed by atoms with Crippen molar-refractivity contribution in [3.63, 3.8) is 0 Å². The first-order valence-electron chi connectivity index (χ1n) is 6.30. The van der Waals surface area contributed by atoms with E-state index >= 15 is 0 Å². The normalized spacial score (nSPS) is 12.1. The maximum Gasteiger partial charge on any atom is 0.308 e. The zero-order valence-electron chi connectivity index (χ0n) is 12.2. The van der Waals surface area contributed by atoms with E-state index in [1.54, 1.807) is 14.0 Å². The van der Waals surface area contributed by atoms with E-state index in [1.165, 1.54) is 4.90 Å². The van der Waals surface area contributed by atoms with E-state index in [0.29, 0.717) is 5.56 Å². The second-order valence-corrected chi connectivity index (χ2v) is 5.20. The summed E-state index contributed by atoms with van der Waals surface area (Å²) < 4.78 is 0. The number of amides is 1. The van der Waals surface area contributed by atoms with E-state index in [1.807, 2.05) is 32.9 Å². The van der Waals surface area contributed by atoms with Crippen LogP contribution in [-0.2, 0) is 4.79 Å². The Labute approximate surface area is 114 Å². The van der Waals surface area contributed by atoms with Gasteiger partial charge in [0.05, 0.1) is 5.92 Å². The number of hydrogen-bond donors (Lipinski definition) is 1. The van der Waals surface area contributed by atoms with Crippen molar-refractivity contribution in [3.05, 3.63) is 34.4 Å². The topological polar surface area (TPSA) is 57.6 Å². The molecule has 1 atom stereocenters. The van der Waals surface area contributed by atoms with Crippen molar-refractivity contribution in [2.75, 3.05) is 13.6 Å². The molecule has 1 aromatic carbocycles. The number of aryl methyl sites for hydroxylation is 3. The molecule has 4 heteroatoms. The monoisotopic (exact) mass is 263 g/mol. The van der Waals surface area contributed by atoms with Gasteiger partial charge in [0, 0.05) is 19.2 Å². The summed E-state index contributed by atoms with van der Waals surface area (Å²) in [6.07, 6.45) is 0. The van der Waals surface area contributed by atoms with Gasteiger partial charge < -0.3 is 10.0 Å². The molecule has 0 radical (unpaired) electrons. The maximum atomic E-state index is 12.4. The third-order valence-electron chi connectivity index (χ3n) is 3.21. The summed E-state index contributed by atoms with van der Waals surface area (Å²) >= 11 is 0. The highest BCUT2D eigenvalue weighted by Crippen LogP contribution is 2.18. The summed E-state index contributed by atoms with van der Waals surface area (Å²) in [6, 6.07) is 3.93. The molecule has 19 heavy (non-hydrogen) atoms. The third-order valence-corrected chi connectivity index (χ3v) is 3.21. The van der Waals surface area contributed by atoms with Gasteiger partial charge in [0.1, 0.15) is 0 Å². The van der Waals surface area contributed by atoms with Crippen LogP contribution in [-0.4, -0.2) is 35.5 Å². The van der Waals surface area contributed by atoms with Crippen LogP contribution in [0.15, 0.2) is 12.1 Å². The summed E-state index contributed by atoms with van der Waals surface area (Å²) in [7, 11) is 1.64. The summed E-state index contributed by atoms with van der Waals surface area (Å²) in [6.45, 7) is 7.61. The molecule has 1 rings (SSSR count). The van der Waals surface area contributed by atoms with E-state index in [0.717, 1.165) is 16.7 Å². The maximum absolute atomic E-state index is 12.4. The summed E-state index contributed by atoms with van der Waals surface area (Å²) in [4.78, 5) is 24.7. The molecule has 0 heterocycles. The van der Waals surface area contributed by atoms with Crippen molar-refractivity contribution >= 4 is 11.9 Å². The van der Waals surface area contributed by atoms with Crippen LogP contribution in [0.3, 0.4) is 0 Å². The Morgan fingerprint density at radius 1 is 1.21 bits per heavy atom. The third kappa shape index (κ3) is 3.56. The Bertz CT molecular complexity index is 485. The lowest BCUT2D eigenvalue weighted by Crippen LogP contribution is -2.34. The molecule has 1 unspecified atom stereocenters. The molecule has 0 aliphatic carbocycles. The second-order valence-electron chi connectivity index (χ2n) is 5.20. The van der Waals surface area contributed by atoms with Gasteiger partial charge in [-0.15, -0.1) is 0 Å². The van der Waals surface area contributed by atoms with E-state index in [4.69, 9.17) is 5.11 Å². The molecule has 0 bridgehead atoms. The van der Waals surface area contributed by atoms with Crippen molar-refractivity contribution in [3.8, 4) is 0 Å². The average Bonchev–Trinajstić information content (AvgIpc) is 2.26. The van der Waals surface area contributed by atoms with Crippen LogP contribution < -0.4 is 0 Å². The molecule has 0 saturated carbocycles. The van der Waals surface area contributed by atoms with Gasteiger partial charge in [-0.05, 0) is 31.9 Å². The number of carbonyl (C=O) groups is 2. The van der Waals surface area contributed by atoms with E-state index in [-0.39, 0.29) is 12.5 Å². The van der Waals surface area contributed by atoms with Gasteiger partial charge in [-0.25, -0.2) is 0 Å². The Hall–Kier alpha value is -1.84. The fourth-order valence-corrected chi connectivity index (χ4v) is 2.28. The van der Waals surface area contributed by atoms with Crippen molar-refractivity contribution < 1.29 is 14.7 Å². The van der Waals surface area contributed by atoms with Crippen LogP contribution in [0.25, 0.3) is 0 Å². The fraction of sp³-hybridized carbons (Fsp3) is 0.467. The first-order chi connectivity index (χ1) is 8.73. The molecule has 1 aromatic rings. The lowest BCUT2D eigenvalue weighted by Gasteiger charge is -2.21. The van der Waals surface area contributed by atoms with Gasteiger partial charge in [0.15, 0.2) is 0 Å². The van der Waals surface area contributed by atoms with Crippen LogP contribution in [0.5, 0.6) is 0 Å². The Kier molecular flexibility index (Phi) is 4.70. The number of nitrogens with zero attached hydrogens (tertiary/aromatic N) is 1. The highest BCUT2D eigenvalue weighted by Gasteiger charge is 2.21. The SMILES string of the molecule is Cc1cc(C)c(C(=O)N(C)CC(C)C(=O)O)c(C)c1. The first kappa shape index (κ1) is 15.2. The quantitative estimate of drug-likeness (QED) is 0.907. The molecule has 0 saturated heterocycles. The Balaban J connectivity index is 2.98. The largest absolute Gasteiger partial charge is 0.481 e. The summed E-state index contributed by atoms with van der Waals surface area (Å²) in [5.41, 5.74) is 3.65. The number of carboxylic acids is 1. The van der Waals surface area contributed by atoms with Gasteiger partial charge >= 0.3 is 5.97 Å². The molecular formula is C15H21NO3. The summed E-state index contributed by atoms with van der Waals surface area (Å²) in [5, 5.41) is 8.89. The molecule has 1 N–H and O–H groups in total. The van der Waals surface area contributed by atoms with Crippen molar-refractivity contribution in [2.24, 2.45) is 5.92 Å². The van der Waals surface area contributed by atoms with E-state index < -0.39 is 11.9 Å². The molecule has 104 valence electrons. The minimum atomic E-state index is -0.892. The zero-order chi connectivity index (χ0) is 14.7. The Morgan fingerprint density at radius 2 is 1.68 bits per heavy atom. The van der Waals surface area contributed by atoms with Gasteiger partial charge in [0.2, 0.25) is 0 Å². The number of benzene rings is 1. The van der Waals surface area contributed by atoms with Crippen LogP contribution >= 0.6 is 0 Å². The number of carboxylic acid groups (broad SMARTS) is 1. The van der Waals surface area contributed by atoms with Gasteiger partial charge in [-0.2, -0.15) is 0 Å². The zero-order valence-corrected chi connectivity index (χ0v) is 12.2. The molecule has 0 spiro atoms. The standard InChI is InChI=1S/C15H21NO3/c1-9-6-10(2)13(11(3)7-9)14(17)16(5)8-12(4)15(18)19/h6-7,12H,8H2,1-5H3,(H,18,19). The molecular weight excluding hydrogens is 242 g/mol. The van der Waals surface area contributed by atoms with Crippen LogP contribution in [0.4, 0.5) is 0 Å². The molecule has 0 aliphatic rings. The molecule has 0 fully saturated rings.